The molecule has 3 fully saturated rings. The highest BCUT2D eigenvalue weighted by atomic mass is 32.2. The molecule has 0 radical (unpaired) electrons. The highest BCUT2D eigenvalue weighted by Crippen LogP contribution is 2.37. The molecule has 3 aliphatic heterocycles. The quantitative estimate of drug-likeness (QED) is 0.601. The topological polar surface area (TPSA) is 9.23 Å². The van der Waals surface area contributed by atoms with E-state index in [4.69, 9.17) is 4.84 Å². The van der Waals surface area contributed by atoms with E-state index in [9.17, 15) is 0 Å². The van der Waals surface area contributed by atoms with Crippen LogP contribution >= 0.6 is 11.8 Å². The SMILES string of the molecule is CCCC[N@+]12CCSC(C1)O2. The van der Waals surface area contributed by atoms with Gasteiger partial charge in [0.05, 0.1) is 0 Å². The van der Waals surface area contributed by atoms with Crippen molar-refractivity contribution in [2.45, 2.75) is 25.2 Å². The maximum absolute atomic E-state index is 5.77. The Balaban J connectivity index is 1.82. The van der Waals surface area contributed by atoms with Gasteiger partial charge in [-0.3, -0.25) is 0 Å². The van der Waals surface area contributed by atoms with Crippen molar-refractivity contribution in [3.8, 4) is 0 Å². The van der Waals surface area contributed by atoms with Gasteiger partial charge in [-0.1, -0.05) is 13.3 Å². The van der Waals surface area contributed by atoms with Crippen molar-refractivity contribution in [3.05, 3.63) is 0 Å². The van der Waals surface area contributed by atoms with E-state index >= 15 is 0 Å². The number of thioether (sulfide) groups is 1. The van der Waals surface area contributed by atoms with E-state index in [1.807, 2.05) is 11.8 Å². The molecule has 3 saturated heterocycles. The number of nitrogens with zero attached hydrogens (tertiary/aromatic N) is 1. The first-order valence-corrected chi connectivity index (χ1v) is 5.56. The summed E-state index contributed by atoms with van der Waals surface area (Å²) < 4.78 is 0.978. The van der Waals surface area contributed by atoms with E-state index < -0.39 is 0 Å². The van der Waals surface area contributed by atoms with Crippen LogP contribution in [0.2, 0.25) is 0 Å². The van der Waals surface area contributed by atoms with Gasteiger partial charge < -0.3 is 0 Å². The molecule has 3 heterocycles. The third-order valence-electron chi connectivity index (χ3n) is 2.54. The fraction of sp³-hybridized carbons (Fsp3) is 1.00. The summed E-state index contributed by atoms with van der Waals surface area (Å²) in [6.45, 7) is 5.99. The van der Waals surface area contributed by atoms with Gasteiger partial charge in [-0.2, -0.15) is 9.48 Å². The lowest BCUT2D eigenvalue weighted by atomic mass is 10.3. The second kappa shape index (κ2) is 2.96. The lowest BCUT2D eigenvalue weighted by molar-refractivity contribution is -1.16. The number of fused-ring (bicyclic) bond motifs is 2. The second-order valence-electron chi connectivity index (χ2n) is 3.45. The first-order valence-electron chi connectivity index (χ1n) is 4.51. The molecule has 0 aromatic rings. The van der Waals surface area contributed by atoms with Gasteiger partial charge >= 0.3 is 0 Å². The van der Waals surface area contributed by atoms with Crippen LogP contribution in [0.15, 0.2) is 0 Å². The highest BCUT2D eigenvalue weighted by Gasteiger charge is 2.50. The summed E-state index contributed by atoms with van der Waals surface area (Å²) in [4.78, 5) is 5.77. The average molecular weight is 174 g/mol. The molecule has 2 atom stereocenters. The van der Waals surface area contributed by atoms with Gasteiger partial charge in [0.15, 0.2) is 6.54 Å². The molecule has 3 rings (SSSR count). The molecule has 0 aromatic carbocycles. The standard InChI is InChI=1S/C8H16NOS/c1-2-3-4-9-5-6-11-8(7-9)10-9/h8H,2-7H2,1H3/q+1/t8?,9-/m0/s1. The molecular weight excluding hydrogens is 158 g/mol. The molecule has 0 amide bonds. The normalized spacial score (nSPS) is 41.7. The monoisotopic (exact) mass is 174 g/mol. The summed E-state index contributed by atoms with van der Waals surface area (Å²) in [5.41, 5.74) is 0.542. The maximum atomic E-state index is 5.77. The number of quaternary nitrogens is 1. The van der Waals surface area contributed by atoms with Gasteiger partial charge in [-0.15, -0.1) is 11.8 Å². The fourth-order valence-electron chi connectivity index (χ4n) is 1.79. The van der Waals surface area contributed by atoms with Crippen molar-refractivity contribution < 1.29 is 9.48 Å². The molecule has 1 unspecified atom stereocenters. The molecule has 2 nitrogen and oxygen atoms in total. The molecule has 0 N–H and O–H groups in total. The van der Waals surface area contributed by atoms with E-state index in [1.54, 1.807) is 0 Å². The summed E-state index contributed by atoms with van der Waals surface area (Å²) in [6.07, 6.45) is 2.61. The van der Waals surface area contributed by atoms with Crippen LogP contribution in [0, 0.1) is 0 Å². The van der Waals surface area contributed by atoms with Gasteiger partial charge in [0, 0.05) is 5.75 Å². The van der Waals surface area contributed by atoms with Gasteiger partial charge in [-0.05, 0) is 6.42 Å². The molecule has 3 heteroatoms. The van der Waals surface area contributed by atoms with Gasteiger partial charge in [0.2, 0.25) is 5.44 Å². The Kier molecular flexibility index (Phi) is 2.12. The van der Waals surface area contributed by atoms with Gasteiger partial charge in [-0.25, -0.2) is 0 Å². The van der Waals surface area contributed by atoms with Crippen LogP contribution in [-0.2, 0) is 4.84 Å². The van der Waals surface area contributed by atoms with E-state index in [-0.39, 0.29) is 0 Å². The fourth-order valence-corrected chi connectivity index (χ4v) is 3.11. The Morgan fingerprint density at radius 2 is 2.45 bits per heavy atom. The van der Waals surface area contributed by atoms with E-state index in [0.717, 1.165) is 4.65 Å². The zero-order valence-electron chi connectivity index (χ0n) is 7.08. The minimum atomic E-state index is 0.542. The molecule has 0 aliphatic carbocycles. The molecule has 11 heavy (non-hydrogen) atoms. The van der Waals surface area contributed by atoms with Crippen molar-refractivity contribution in [1.29, 1.82) is 0 Å². The first kappa shape index (κ1) is 7.90. The van der Waals surface area contributed by atoms with Crippen LogP contribution in [0.1, 0.15) is 19.8 Å². The number of hydroxylamine groups is 3. The molecule has 0 aromatic heterocycles. The van der Waals surface area contributed by atoms with Gasteiger partial charge in [0.1, 0.15) is 13.1 Å². The molecule has 0 saturated carbocycles. The second-order valence-corrected chi connectivity index (χ2v) is 4.71. The van der Waals surface area contributed by atoms with Crippen LogP contribution in [0.4, 0.5) is 0 Å². The lowest BCUT2D eigenvalue weighted by Gasteiger charge is -2.50. The van der Waals surface area contributed by atoms with Crippen LogP contribution in [0.5, 0.6) is 0 Å². The van der Waals surface area contributed by atoms with Crippen LogP contribution < -0.4 is 0 Å². The summed E-state index contributed by atoms with van der Waals surface area (Å²) in [5, 5.41) is 0. The summed E-state index contributed by atoms with van der Waals surface area (Å²) in [5.74, 6) is 1.30. The minimum Gasteiger partial charge on any atom is -0.182 e. The Morgan fingerprint density at radius 1 is 1.64 bits per heavy atom. The van der Waals surface area contributed by atoms with E-state index in [0.29, 0.717) is 5.44 Å². The highest BCUT2D eigenvalue weighted by molar-refractivity contribution is 7.99. The third kappa shape index (κ3) is 1.42. The zero-order valence-corrected chi connectivity index (χ0v) is 7.90. The summed E-state index contributed by atoms with van der Waals surface area (Å²) in [7, 11) is 0. The summed E-state index contributed by atoms with van der Waals surface area (Å²) in [6, 6.07) is 0. The van der Waals surface area contributed by atoms with Crippen molar-refractivity contribution in [3.63, 3.8) is 0 Å². The van der Waals surface area contributed by atoms with Crippen molar-refractivity contribution >= 4 is 11.8 Å². The molecule has 3 aliphatic rings. The average Bonchev–Trinajstić information content (AvgIpc) is 2.01. The Morgan fingerprint density at radius 3 is 3.00 bits per heavy atom. The predicted octanol–water partition coefficient (Wildman–Crippen LogP) is 1.62. The van der Waals surface area contributed by atoms with E-state index in [2.05, 4.69) is 6.92 Å². The maximum Gasteiger partial charge on any atom is 0.214 e. The lowest BCUT2D eigenvalue weighted by Crippen LogP contribution is -2.67. The van der Waals surface area contributed by atoms with Crippen LogP contribution in [-0.4, -0.2) is 35.5 Å². The Labute approximate surface area is 72.4 Å². The third-order valence-corrected chi connectivity index (χ3v) is 3.57. The Bertz CT molecular complexity index is 140. The molecule has 64 valence electrons. The predicted molar refractivity (Wildman–Crippen MR) is 47.1 cm³/mol. The minimum absolute atomic E-state index is 0.542. The van der Waals surface area contributed by atoms with Crippen LogP contribution in [0.3, 0.4) is 0 Å². The van der Waals surface area contributed by atoms with Crippen molar-refractivity contribution in [2.75, 3.05) is 25.4 Å². The molecule has 0 spiro atoms. The number of rotatable bonds is 3. The summed E-state index contributed by atoms with van der Waals surface area (Å²) >= 11 is 1.98. The van der Waals surface area contributed by atoms with Gasteiger partial charge in [0.25, 0.3) is 0 Å². The number of unbranched alkanes of at least 4 members (excludes halogenated alkanes) is 1. The molecular formula is C8H16NOS+. The Hall–Kier alpha value is 0.270. The van der Waals surface area contributed by atoms with Crippen molar-refractivity contribution in [1.82, 2.24) is 0 Å². The number of hydrogen-bond donors (Lipinski definition) is 0. The number of hydrogen-bond acceptors (Lipinski definition) is 2. The van der Waals surface area contributed by atoms with Crippen molar-refractivity contribution in [2.24, 2.45) is 0 Å². The zero-order chi connectivity index (χ0) is 7.73. The van der Waals surface area contributed by atoms with E-state index in [1.165, 1.54) is 38.2 Å². The largest absolute Gasteiger partial charge is 0.214 e. The van der Waals surface area contributed by atoms with Crippen LogP contribution in [0.25, 0.3) is 0 Å². The molecule has 2 bridgehead atoms. The smallest absolute Gasteiger partial charge is 0.182 e. The first-order chi connectivity index (χ1) is 5.35.